The summed E-state index contributed by atoms with van der Waals surface area (Å²) >= 11 is 14.1. The average Bonchev–Trinajstić information content (AvgIpc) is 2.93. The Labute approximate surface area is 164 Å². The number of rotatable bonds is 8. The minimum absolute atomic E-state index is 0.0399. The predicted molar refractivity (Wildman–Crippen MR) is 103 cm³/mol. The number of hydrogen-bond donors (Lipinski definition) is 1. The first kappa shape index (κ1) is 20.5. The van der Waals surface area contributed by atoms with Gasteiger partial charge in [-0.2, -0.15) is 16.5 Å². The fraction of sp³-hybridized carbons (Fsp3) is 0.267. The van der Waals surface area contributed by atoms with Crippen LogP contribution in [0.25, 0.3) is 0 Å². The Hall–Kier alpha value is -0.770. The van der Waals surface area contributed by atoms with Crippen LogP contribution < -0.4 is 4.72 Å². The zero-order chi connectivity index (χ0) is 18.4. The summed E-state index contributed by atoms with van der Waals surface area (Å²) in [7, 11) is -2.78. The number of esters is 1. The maximum atomic E-state index is 12.5. The van der Waals surface area contributed by atoms with Gasteiger partial charge in [0, 0.05) is 11.5 Å². The molecular weight excluding hydrogens is 425 g/mol. The van der Waals surface area contributed by atoms with Crippen LogP contribution in [0.5, 0.6) is 0 Å². The third kappa shape index (κ3) is 5.87. The summed E-state index contributed by atoms with van der Waals surface area (Å²) in [5.41, 5.74) is 1.08. The number of methoxy groups -OCH3 is 1. The zero-order valence-corrected chi connectivity index (χ0v) is 17.0. The summed E-state index contributed by atoms with van der Waals surface area (Å²) in [5.74, 6) is 0.193. The van der Waals surface area contributed by atoms with E-state index in [1.165, 1.54) is 24.9 Å². The lowest BCUT2D eigenvalue weighted by atomic mass is 10.2. The van der Waals surface area contributed by atoms with Gasteiger partial charge in [-0.05, 0) is 11.6 Å². The molecule has 0 fully saturated rings. The maximum Gasteiger partial charge on any atom is 0.324 e. The summed E-state index contributed by atoms with van der Waals surface area (Å²) in [6.07, 6.45) is 0. The molecule has 1 atom stereocenters. The van der Waals surface area contributed by atoms with Gasteiger partial charge < -0.3 is 4.74 Å². The van der Waals surface area contributed by atoms with Crippen molar-refractivity contribution in [1.29, 1.82) is 0 Å². The Kier molecular flexibility index (Phi) is 7.60. The molecule has 10 heteroatoms. The number of carbonyl (C=O) groups is 1. The van der Waals surface area contributed by atoms with Crippen LogP contribution in [0.15, 0.2) is 41.3 Å². The molecule has 5 nitrogen and oxygen atoms in total. The van der Waals surface area contributed by atoms with Gasteiger partial charge in [-0.25, -0.2) is 8.42 Å². The van der Waals surface area contributed by atoms with Gasteiger partial charge in [0.2, 0.25) is 10.0 Å². The molecule has 0 aliphatic rings. The largest absolute Gasteiger partial charge is 0.468 e. The number of sulfonamides is 1. The monoisotopic (exact) mass is 439 g/mol. The van der Waals surface area contributed by atoms with Crippen molar-refractivity contribution >= 4 is 62.3 Å². The highest BCUT2D eigenvalue weighted by atomic mass is 35.5. The van der Waals surface area contributed by atoms with Gasteiger partial charge >= 0.3 is 5.97 Å². The van der Waals surface area contributed by atoms with Crippen molar-refractivity contribution in [3.05, 3.63) is 50.6 Å². The second-order valence-electron chi connectivity index (χ2n) is 4.89. The lowest BCUT2D eigenvalue weighted by Crippen LogP contribution is -2.43. The van der Waals surface area contributed by atoms with Crippen molar-refractivity contribution in [2.24, 2.45) is 0 Å². The third-order valence-corrected chi connectivity index (χ3v) is 7.43. The number of benzene rings is 1. The summed E-state index contributed by atoms with van der Waals surface area (Å²) in [4.78, 5) is 11.8. The van der Waals surface area contributed by atoms with Gasteiger partial charge in [0.25, 0.3) is 0 Å². The normalized spacial score (nSPS) is 12.8. The first-order valence-corrected chi connectivity index (χ1v) is 11.2. The first-order chi connectivity index (χ1) is 11.8. The van der Waals surface area contributed by atoms with E-state index in [0.717, 1.165) is 16.9 Å². The summed E-state index contributed by atoms with van der Waals surface area (Å²) < 4.78 is 32.3. The van der Waals surface area contributed by atoms with Crippen molar-refractivity contribution in [2.45, 2.75) is 16.7 Å². The van der Waals surface area contributed by atoms with E-state index in [2.05, 4.69) is 4.72 Å². The van der Waals surface area contributed by atoms with Gasteiger partial charge in [0.15, 0.2) is 0 Å². The van der Waals surface area contributed by atoms with Crippen LogP contribution in [-0.2, 0) is 25.3 Å². The fourth-order valence-corrected chi connectivity index (χ4v) is 6.36. The number of ether oxygens (including phenoxy) is 1. The van der Waals surface area contributed by atoms with Crippen LogP contribution >= 0.6 is 46.3 Å². The molecule has 1 unspecified atom stereocenters. The minimum atomic E-state index is -3.99. The predicted octanol–water partition coefficient (Wildman–Crippen LogP) is 3.81. The summed E-state index contributed by atoms with van der Waals surface area (Å²) in [5, 5.41) is 0. The third-order valence-electron chi connectivity index (χ3n) is 3.09. The highest BCUT2D eigenvalue weighted by Gasteiger charge is 2.29. The molecule has 0 spiro atoms. The summed E-state index contributed by atoms with van der Waals surface area (Å²) in [6.45, 7) is 0. The molecule has 1 aromatic heterocycles. The molecule has 0 radical (unpaired) electrons. The molecule has 1 heterocycles. The standard InChI is InChI=1S/C15H15Cl2NO4S3/c1-22-15(19)11(9-23-8-10-5-3-2-4-6-10)18-25(20,21)12-7-13(16)24-14(12)17/h2-7,11,18H,8-9H2,1H3. The molecule has 25 heavy (non-hydrogen) atoms. The van der Waals surface area contributed by atoms with Crippen molar-refractivity contribution in [3.63, 3.8) is 0 Å². The molecule has 0 aliphatic heterocycles. The lowest BCUT2D eigenvalue weighted by molar-refractivity contribution is -0.141. The zero-order valence-electron chi connectivity index (χ0n) is 13.1. The number of thioether (sulfide) groups is 1. The van der Waals surface area contributed by atoms with Crippen LogP contribution in [0.2, 0.25) is 8.67 Å². The van der Waals surface area contributed by atoms with Gasteiger partial charge in [-0.15, -0.1) is 11.3 Å². The SMILES string of the molecule is COC(=O)C(CSCc1ccccc1)NS(=O)(=O)c1cc(Cl)sc1Cl. The molecule has 0 saturated carbocycles. The molecular formula is C15H15Cl2NO4S3. The molecule has 2 rings (SSSR count). The van der Waals surface area contributed by atoms with Crippen LogP contribution in [0.4, 0.5) is 0 Å². The topological polar surface area (TPSA) is 72.5 Å². The van der Waals surface area contributed by atoms with Crippen molar-refractivity contribution in [3.8, 4) is 0 Å². The van der Waals surface area contributed by atoms with Crippen LogP contribution in [-0.4, -0.2) is 33.3 Å². The summed E-state index contributed by atoms with van der Waals surface area (Å²) in [6, 6.07) is 9.88. The quantitative estimate of drug-likeness (QED) is 0.632. The molecule has 0 aliphatic carbocycles. The van der Waals surface area contributed by atoms with E-state index in [4.69, 9.17) is 27.9 Å². The number of halogens is 2. The Morgan fingerprint density at radius 1 is 1.32 bits per heavy atom. The molecule has 1 N–H and O–H groups in total. The Bertz CT molecular complexity index is 825. The number of nitrogens with one attached hydrogen (secondary N) is 1. The molecule has 0 amide bonds. The molecule has 0 bridgehead atoms. The Morgan fingerprint density at radius 3 is 2.56 bits per heavy atom. The van der Waals surface area contributed by atoms with E-state index in [-0.39, 0.29) is 19.3 Å². The van der Waals surface area contributed by atoms with Crippen molar-refractivity contribution in [2.75, 3.05) is 12.9 Å². The Balaban J connectivity index is 2.07. The highest BCUT2D eigenvalue weighted by Crippen LogP contribution is 2.34. The van der Waals surface area contributed by atoms with Gasteiger partial charge in [-0.3, -0.25) is 4.79 Å². The van der Waals surface area contributed by atoms with E-state index < -0.39 is 22.0 Å². The van der Waals surface area contributed by atoms with Gasteiger partial charge in [-0.1, -0.05) is 53.5 Å². The second-order valence-corrected chi connectivity index (χ2v) is 9.88. The maximum absolute atomic E-state index is 12.5. The number of hydrogen-bond acceptors (Lipinski definition) is 6. The van der Waals surface area contributed by atoms with Crippen LogP contribution in [0, 0.1) is 0 Å². The smallest absolute Gasteiger partial charge is 0.324 e. The molecule has 136 valence electrons. The molecule has 1 aromatic carbocycles. The van der Waals surface area contributed by atoms with E-state index in [9.17, 15) is 13.2 Å². The highest BCUT2D eigenvalue weighted by molar-refractivity contribution is 7.98. The fourth-order valence-electron chi connectivity index (χ4n) is 1.92. The molecule has 0 saturated heterocycles. The van der Waals surface area contributed by atoms with Crippen LogP contribution in [0.1, 0.15) is 5.56 Å². The Morgan fingerprint density at radius 2 is 2.00 bits per heavy atom. The van der Waals surface area contributed by atoms with E-state index in [1.54, 1.807) is 0 Å². The van der Waals surface area contributed by atoms with E-state index in [0.29, 0.717) is 5.75 Å². The number of thiophene rings is 1. The molecule has 2 aromatic rings. The minimum Gasteiger partial charge on any atom is -0.468 e. The van der Waals surface area contributed by atoms with E-state index >= 15 is 0 Å². The van der Waals surface area contributed by atoms with Crippen molar-refractivity contribution < 1.29 is 17.9 Å². The average molecular weight is 440 g/mol. The lowest BCUT2D eigenvalue weighted by Gasteiger charge is -2.16. The first-order valence-electron chi connectivity index (χ1n) is 7.00. The van der Waals surface area contributed by atoms with Crippen LogP contribution in [0.3, 0.4) is 0 Å². The number of carbonyl (C=O) groups excluding carboxylic acids is 1. The van der Waals surface area contributed by atoms with Gasteiger partial charge in [0.1, 0.15) is 15.3 Å². The van der Waals surface area contributed by atoms with Crippen molar-refractivity contribution in [1.82, 2.24) is 4.72 Å². The second kappa shape index (κ2) is 9.25. The van der Waals surface area contributed by atoms with E-state index in [1.807, 2.05) is 30.3 Å². The van der Waals surface area contributed by atoms with Gasteiger partial charge in [0.05, 0.1) is 11.4 Å².